The van der Waals surface area contributed by atoms with Gasteiger partial charge in [-0.05, 0) is 31.5 Å². The van der Waals surface area contributed by atoms with E-state index in [-0.39, 0.29) is 6.04 Å². The highest BCUT2D eigenvalue weighted by molar-refractivity contribution is 6.31. The van der Waals surface area contributed by atoms with Crippen molar-refractivity contribution in [1.82, 2.24) is 0 Å². The molecule has 2 aromatic rings. The molecule has 0 aliphatic heterocycles. The Morgan fingerprint density at radius 1 is 1.21 bits per heavy atom. The van der Waals surface area contributed by atoms with Crippen LogP contribution in [0.5, 0.6) is 5.75 Å². The lowest BCUT2D eigenvalue weighted by Crippen LogP contribution is -2.08. The van der Waals surface area contributed by atoms with Crippen molar-refractivity contribution in [3.8, 4) is 5.75 Å². The fourth-order valence-electron chi connectivity index (χ4n) is 1.91. The van der Waals surface area contributed by atoms with Gasteiger partial charge in [0.05, 0.1) is 0 Å². The molecule has 0 saturated carbocycles. The van der Waals surface area contributed by atoms with E-state index < -0.39 is 0 Å². The van der Waals surface area contributed by atoms with E-state index in [1.807, 2.05) is 56.3 Å². The molecule has 2 N–H and O–H groups in total. The van der Waals surface area contributed by atoms with E-state index in [4.69, 9.17) is 22.1 Å². The van der Waals surface area contributed by atoms with Gasteiger partial charge in [-0.3, -0.25) is 0 Å². The van der Waals surface area contributed by atoms with Crippen LogP contribution in [0.4, 0.5) is 0 Å². The van der Waals surface area contributed by atoms with Crippen LogP contribution in [0, 0.1) is 6.92 Å². The zero-order chi connectivity index (χ0) is 13.8. The summed E-state index contributed by atoms with van der Waals surface area (Å²) in [6.07, 6.45) is 0. The zero-order valence-corrected chi connectivity index (χ0v) is 11.9. The minimum absolute atomic E-state index is 0.0512. The summed E-state index contributed by atoms with van der Waals surface area (Å²) in [5.41, 5.74) is 9.05. The first-order valence-corrected chi connectivity index (χ1v) is 6.68. The third kappa shape index (κ3) is 3.49. The molecular weight excluding hydrogens is 258 g/mol. The third-order valence-corrected chi connectivity index (χ3v) is 3.35. The smallest absolute Gasteiger partial charge is 0.124 e. The van der Waals surface area contributed by atoms with E-state index in [9.17, 15) is 0 Å². The van der Waals surface area contributed by atoms with Crippen LogP contribution in [-0.4, -0.2) is 0 Å². The number of hydrogen-bond acceptors (Lipinski definition) is 2. The van der Waals surface area contributed by atoms with E-state index in [0.717, 1.165) is 27.5 Å². The molecule has 2 nitrogen and oxygen atoms in total. The summed E-state index contributed by atoms with van der Waals surface area (Å²) in [5.74, 6) is 0.814. The highest BCUT2D eigenvalue weighted by atomic mass is 35.5. The number of para-hydroxylation sites is 1. The number of rotatable bonds is 4. The molecule has 100 valence electrons. The Morgan fingerprint density at radius 3 is 2.63 bits per heavy atom. The fraction of sp³-hybridized carbons (Fsp3) is 0.250. The third-order valence-electron chi connectivity index (χ3n) is 3.00. The van der Waals surface area contributed by atoms with Gasteiger partial charge in [-0.1, -0.05) is 41.9 Å². The molecule has 0 aromatic heterocycles. The van der Waals surface area contributed by atoms with Crippen LogP contribution in [0.2, 0.25) is 5.02 Å². The van der Waals surface area contributed by atoms with Gasteiger partial charge in [0.25, 0.3) is 0 Å². The van der Waals surface area contributed by atoms with Crippen LogP contribution in [0.15, 0.2) is 42.5 Å². The topological polar surface area (TPSA) is 35.2 Å². The molecule has 0 fully saturated rings. The van der Waals surface area contributed by atoms with E-state index >= 15 is 0 Å². The minimum Gasteiger partial charge on any atom is -0.489 e. The largest absolute Gasteiger partial charge is 0.489 e. The maximum absolute atomic E-state index is 6.19. The molecular formula is C16H18ClNO. The lowest BCUT2D eigenvalue weighted by atomic mass is 10.1. The summed E-state index contributed by atoms with van der Waals surface area (Å²) in [6.45, 7) is 4.41. The lowest BCUT2D eigenvalue weighted by Gasteiger charge is -2.14. The summed E-state index contributed by atoms with van der Waals surface area (Å²) in [6, 6.07) is 13.7. The molecule has 0 aliphatic rings. The van der Waals surface area contributed by atoms with Crippen molar-refractivity contribution < 1.29 is 4.74 Å². The zero-order valence-electron chi connectivity index (χ0n) is 11.2. The Labute approximate surface area is 119 Å². The van der Waals surface area contributed by atoms with Crippen molar-refractivity contribution in [3.05, 3.63) is 64.2 Å². The van der Waals surface area contributed by atoms with E-state index in [1.165, 1.54) is 0 Å². The van der Waals surface area contributed by atoms with Crippen LogP contribution < -0.4 is 10.5 Å². The maximum atomic E-state index is 6.19. The summed E-state index contributed by atoms with van der Waals surface area (Å²) >= 11 is 6.19. The van der Waals surface area contributed by atoms with Crippen LogP contribution in [0.3, 0.4) is 0 Å². The van der Waals surface area contributed by atoms with Gasteiger partial charge >= 0.3 is 0 Å². The van der Waals surface area contributed by atoms with Gasteiger partial charge in [-0.15, -0.1) is 0 Å². The second kappa shape index (κ2) is 6.09. The molecule has 2 aromatic carbocycles. The Hall–Kier alpha value is -1.51. The van der Waals surface area contributed by atoms with Gasteiger partial charge in [0, 0.05) is 22.2 Å². The Balaban J connectivity index is 2.14. The number of hydrogen-bond donors (Lipinski definition) is 1. The predicted octanol–water partition coefficient (Wildman–Crippen LogP) is 4.25. The fourth-order valence-corrected chi connectivity index (χ4v) is 2.20. The van der Waals surface area contributed by atoms with E-state index in [2.05, 4.69) is 0 Å². The highest BCUT2D eigenvalue weighted by Gasteiger charge is 2.08. The van der Waals surface area contributed by atoms with E-state index in [1.54, 1.807) is 0 Å². The molecule has 0 spiro atoms. The average Bonchev–Trinajstić information content (AvgIpc) is 2.38. The maximum Gasteiger partial charge on any atom is 0.124 e. The number of aryl methyl sites for hydroxylation is 1. The number of benzene rings is 2. The summed E-state index contributed by atoms with van der Waals surface area (Å²) < 4.78 is 5.84. The first kappa shape index (κ1) is 13.9. The Morgan fingerprint density at radius 2 is 1.95 bits per heavy atom. The number of nitrogens with two attached hydrogens (primary N) is 1. The monoisotopic (exact) mass is 275 g/mol. The quantitative estimate of drug-likeness (QED) is 0.905. The molecule has 0 aliphatic carbocycles. The first-order valence-electron chi connectivity index (χ1n) is 6.30. The van der Waals surface area contributed by atoms with Crippen molar-refractivity contribution in [2.75, 3.05) is 0 Å². The first-order chi connectivity index (χ1) is 9.08. The van der Waals surface area contributed by atoms with Gasteiger partial charge in [-0.2, -0.15) is 0 Å². The second-order valence-corrected chi connectivity index (χ2v) is 5.12. The summed E-state index contributed by atoms with van der Waals surface area (Å²) in [4.78, 5) is 0. The minimum atomic E-state index is -0.0512. The molecule has 1 atom stereocenters. The SMILES string of the molecule is Cc1ccc(COc2ccccc2[C@H](C)N)c(Cl)c1. The Kier molecular flexibility index (Phi) is 4.46. The molecule has 19 heavy (non-hydrogen) atoms. The number of ether oxygens (including phenoxy) is 1. The van der Waals surface area contributed by atoms with Gasteiger partial charge in [-0.25, -0.2) is 0 Å². The molecule has 3 heteroatoms. The molecule has 0 unspecified atom stereocenters. The second-order valence-electron chi connectivity index (χ2n) is 4.71. The average molecular weight is 276 g/mol. The van der Waals surface area contributed by atoms with Gasteiger partial charge in [0.2, 0.25) is 0 Å². The van der Waals surface area contributed by atoms with Crippen LogP contribution in [-0.2, 0) is 6.61 Å². The predicted molar refractivity (Wildman–Crippen MR) is 79.6 cm³/mol. The van der Waals surface area contributed by atoms with Crippen molar-refractivity contribution in [1.29, 1.82) is 0 Å². The number of halogens is 1. The molecule has 0 radical (unpaired) electrons. The van der Waals surface area contributed by atoms with Crippen LogP contribution >= 0.6 is 11.6 Å². The van der Waals surface area contributed by atoms with E-state index in [0.29, 0.717) is 6.61 Å². The standard InChI is InChI=1S/C16H18ClNO/c1-11-7-8-13(15(17)9-11)10-19-16-6-4-3-5-14(16)12(2)18/h3-9,12H,10,18H2,1-2H3/t12-/m0/s1. The molecule has 0 saturated heterocycles. The van der Waals surface area contributed by atoms with Gasteiger partial charge < -0.3 is 10.5 Å². The van der Waals surface area contributed by atoms with Crippen molar-refractivity contribution in [3.63, 3.8) is 0 Å². The Bertz CT molecular complexity index is 566. The molecule has 0 bridgehead atoms. The van der Waals surface area contributed by atoms with Gasteiger partial charge in [0.1, 0.15) is 12.4 Å². The molecule has 0 heterocycles. The van der Waals surface area contributed by atoms with Crippen LogP contribution in [0.1, 0.15) is 29.7 Å². The van der Waals surface area contributed by atoms with Crippen molar-refractivity contribution in [2.45, 2.75) is 26.5 Å². The summed E-state index contributed by atoms with van der Waals surface area (Å²) in [5, 5.41) is 0.735. The van der Waals surface area contributed by atoms with Gasteiger partial charge in [0.15, 0.2) is 0 Å². The molecule has 2 rings (SSSR count). The van der Waals surface area contributed by atoms with Crippen molar-refractivity contribution >= 4 is 11.6 Å². The molecule has 0 amide bonds. The van der Waals surface area contributed by atoms with Crippen molar-refractivity contribution in [2.24, 2.45) is 5.73 Å². The normalized spacial score (nSPS) is 12.2. The van der Waals surface area contributed by atoms with Crippen LogP contribution in [0.25, 0.3) is 0 Å². The summed E-state index contributed by atoms with van der Waals surface area (Å²) in [7, 11) is 0. The highest BCUT2D eigenvalue weighted by Crippen LogP contribution is 2.25. The lowest BCUT2D eigenvalue weighted by molar-refractivity contribution is 0.301.